The van der Waals surface area contributed by atoms with Gasteiger partial charge < -0.3 is 11.1 Å². The predicted molar refractivity (Wildman–Crippen MR) is 76.7 cm³/mol. The average molecular weight is 257 g/mol. The maximum absolute atomic E-state index is 11.5. The molecule has 4 heteroatoms. The zero-order valence-electron chi connectivity index (χ0n) is 11.1. The van der Waals surface area contributed by atoms with Gasteiger partial charge in [0.2, 0.25) is 5.91 Å². The van der Waals surface area contributed by atoms with Crippen molar-refractivity contribution in [2.24, 2.45) is 5.73 Å². The zero-order chi connectivity index (χ0) is 13.7. The van der Waals surface area contributed by atoms with Gasteiger partial charge in [0.15, 0.2) is 0 Å². The fourth-order valence-corrected chi connectivity index (χ4v) is 2.07. The van der Waals surface area contributed by atoms with Gasteiger partial charge in [-0.25, -0.2) is 0 Å². The fourth-order valence-electron chi connectivity index (χ4n) is 2.07. The molecule has 100 valence electrons. The number of fused-ring (bicyclic) bond motifs is 1. The highest BCUT2D eigenvalue weighted by Gasteiger charge is 2.05. The Bertz CT molecular complexity index is 561. The molecule has 0 aliphatic heterocycles. The molecule has 0 aliphatic rings. The second-order valence-corrected chi connectivity index (χ2v) is 4.77. The monoisotopic (exact) mass is 257 g/mol. The van der Waals surface area contributed by atoms with Crippen molar-refractivity contribution < 1.29 is 4.79 Å². The number of carbonyl (C=O) groups is 1. The number of carbonyl (C=O) groups excluding carboxylic acids is 1. The Morgan fingerprint density at radius 2 is 2.16 bits per heavy atom. The van der Waals surface area contributed by atoms with Crippen molar-refractivity contribution in [2.75, 3.05) is 6.54 Å². The van der Waals surface area contributed by atoms with E-state index >= 15 is 0 Å². The lowest BCUT2D eigenvalue weighted by Crippen LogP contribution is -2.31. The van der Waals surface area contributed by atoms with Crippen LogP contribution in [0.4, 0.5) is 0 Å². The van der Waals surface area contributed by atoms with Crippen LogP contribution < -0.4 is 11.1 Å². The molecule has 1 unspecified atom stereocenters. The molecule has 3 N–H and O–H groups in total. The average Bonchev–Trinajstić information content (AvgIpc) is 2.38. The molecule has 1 atom stereocenters. The Morgan fingerprint density at radius 1 is 1.37 bits per heavy atom. The van der Waals surface area contributed by atoms with Crippen molar-refractivity contribution in [3.63, 3.8) is 0 Å². The molecular formula is C15H19N3O. The summed E-state index contributed by atoms with van der Waals surface area (Å²) in [5, 5.41) is 4.01. The maximum atomic E-state index is 11.5. The van der Waals surface area contributed by atoms with Gasteiger partial charge in [-0.2, -0.15) is 0 Å². The summed E-state index contributed by atoms with van der Waals surface area (Å²) < 4.78 is 0. The molecular weight excluding hydrogens is 238 g/mol. The number of hydrogen-bond acceptors (Lipinski definition) is 3. The molecule has 0 fully saturated rings. The van der Waals surface area contributed by atoms with Crippen LogP contribution in [0.5, 0.6) is 0 Å². The van der Waals surface area contributed by atoms with Crippen molar-refractivity contribution in [2.45, 2.75) is 25.8 Å². The summed E-state index contributed by atoms with van der Waals surface area (Å²) in [6.07, 6.45) is 2.94. The second kappa shape index (κ2) is 6.29. The van der Waals surface area contributed by atoms with Crippen molar-refractivity contribution >= 4 is 16.8 Å². The van der Waals surface area contributed by atoms with Crippen molar-refractivity contribution in [3.8, 4) is 0 Å². The third kappa shape index (κ3) is 3.76. The lowest BCUT2D eigenvalue weighted by Gasteiger charge is -2.08. The third-order valence-corrected chi connectivity index (χ3v) is 2.94. The van der Waals surface area contributed by atoms with Crippen molar-refractivity contribution in [3.05, 3.63) is 42.1 Å². The van der Waals surface area contributed by atoms with E-state index in [0.717, 1.165) is 22.9 Å². The van der Waals surface area contributed by atoms with Crippen LogP contribution in [0.2, 0.25) is 0 Å². The quantitative estimate of drug-likeness (QED) is 0.855. The van der Waals surface area contributed by atoms with E-state index in [1.807, 2.05) is 37.3 Å². The molecule has 1 aromatic heterocycles. The maximum Gasteiger partial charge on any atom is 0.221 e. The van der Waals surface area contributed by atoms with Gasteiger partial charge in [0.1, 0.15) is 0 Å². The van der Waals surface area contributed by atoms with E-state index in [0.29, 0.717) is 13.0 Å². The molecule has 4 nitrogen and oxygen atoms in total. The summed E-state index contributed by atoms with van der Waals surface area (Å²) in [5.41, 5.74) is 7.74. The number of pyridine rings is 1. The number of para-hydroxylation sites is 1. The lowest BCUT2D eigenvalue weighted by atomic mass is 10.1. The summed E-state index contributed by atoms with van der Waals surface area (Å²) in [4.78, 5) is 15.9. The molecule has 0 aliphatic carbocycles. The number of nitrogens with two attached hydrogens (primary N) is 1. The summed E-state index contributed by atoms with van der Waals surface area (Å²) in [6.45, 7) is 2.44. The number of nitrogens with one attached hydrogen (secondary N) is 1. The van der Waals surface area contributed by atoms with Gasteiger partial charge in [0, 0.05) is 30.6 Å². The summed E-state index contributed by atoms with van der Waals surface area (Å²) >= 11 is 0. The Hall–Kier alpha value is -1.94. The zero-order valence-corrected chi connectivity index (χ0v) is 11.1. The summed E-state index contributed by atoms with van der Waals surface area (Å²) in [5.74, 6) is 0.00296. The number of nitrogens with zero attached hydrogens (tertiary/aromatic N) is 1. The third-order valence-electron chi connectivity index (χ3n) is 2.94. The Kier molecular flexibility index (Phi) is 4.47. The normalized spacial score (nSPS) is 12.3. The molecule has 2 aromatic rings. The van der Waals surface area contributed by atoms with Gasteiger partial charge in [0.05, 0.1) is 5.52 Å². The smallest absolute Gasteiger partial charge is 0.221 e. The van der Waals surface area contributed by atoms with E-state index < -0.39 is 0 Å². The minimum atomic E-state index is -0.0979. The minimum Gasteiger partial charge on any atom is -0.356 e. The van der Waals surface area contributed by atoms with Gasteiger partial charge in [-0.15, -0.1) is 0 Å². The summed E-state index contributed by atoms with van der Waals surface area (Å²) in [7, 11) is 0. The number of aromatic nitrogens is 1. The first-order valence-electron chi connectivity index (χ1n) is 6.51. The second-order valence-electron chi connectivity index (χ2n) is 4.77. The van der Waals surface area contributed by atoms with Crippen LogP contribution in [-0.2, 0) is 11.2 Å². The highest BCUT2D eigenvalue weighted by molar-refractivity contribution is 5.81. The highest BCUT2D eigenvalue weighted by Crippen LogP contribution is 2.15. The van der Waals surface area contributed by atoms with Gasteiger partial charge >= 0.3 is 0 Å². The van der Waals surface area contributed by atoms with E-state index in [-0.39, 0.29) is 11.9 Å². The van der Waals surface area contributed by atoms with Crippen LogP contribution in [0.25, 0.3) is 10.9 Å². The molecule has 0 bridgehead atoms. The number of hydrogen-bond donors (Lipinski definition) is 2. The molecule has 1 heterocycles. The first-order chi connectivity index (χ1) is 9.16. The van der Waals surface area contributed by atoms with Crippen LogP contribution in [-0.4, -0.2) is 23.5 Å². The molecule has 2 rings (SSSR count). The van der Waals surface area contributed by atoms with Gasteiger partial charge in [-0.1, -0.05) is 24.3 Å². The topological polar surface area (TPSA) is 68.0 Å². The molecule has 1 aromatic carbocycles. The number of amides is 1. The number of benzene rings is 1. The molecule has 0 saturated carbocycles. The first-order valence-corrected chi connectivity index (χ1v) is 6.51. The Labute approximate surface area is 113 Å². The largest absolute Gasteiger partial charge is 0.356 e. The van der Waals surface area contributed by atoms with Crippen LogP contribution in [0.3, 0.4) is 0 Å². The Morgan fingerprint density at radius 3 is 2.95 bits per heavy atom. The van der Waals surface area contributed by atoms with E-state index in [4.69, 9.17) is 5.73 Å². The van der Waals surface area contributed by atoms with Crippen LogP contribution >= 0.6 is 0 Å². The van der Waals surface area contributed by atoms with Crippen LogP contribution in [0, 0.1) is 0 Å². The van der Waals surface area contributed by atoms with Crippen LogP contribution in [0.1, 0.15) is 18.9 Å². The van der Waals surface area contributed by atoms with Gasteiger partial charge in [-0.05, 0) is 25.0 Å². The van der Waals surface area contributed by atoms with Crippen LogP contribution in [0.15, 0.2) is 36.5 Å². The lowest BCUT2D eigenvalue weighted by molar-refractivity contribution is -0.121. The summed E-state index contributed by atoms with van der Waals surface area (Å²) in [6, 6.07) is 9.98. The highest BCUT2D eigenvalue weighted by atomic mass is 16.1. The molecule has 0 radical (unpaired) electrons. The first kappa shape index (κ1) is 13.5. The molecule has 0 spiro atoms. The van der Waals surface area contributed by atoms with E-state index in [9.17, 15) is 4.79 Å². The van der Waals surface area contributed by atoms with Gasteiger partial charge in [-0.3, -0.25) is 9.78 Å². The standard InChI is InChI=1S/C15H19N3O/c1-11(16)10-14(19)17-9-7-13-5-2-4-12-6-3-8-18-15(12)13/h2-6,8,11H,7,9-10,16H2,1H3,(H,17,19). The number of rotatable bonds is 5. The van der Waals surface area contributed by atoms with Crippen molar-refractivity contribution in [1.82, 2.24) is 10.3 Å². The van der Waals surface area contributed by atoms with Gasteiger partial charge in [0.25, 0.3) is 0 Å². The Balaban J connectivity index is 1.97. The van der Waals surface area contributed by atoms with E-state index in [1.54, 1.807) is 6.20 Å². The SMILES string of the molecule is CC(N)CC(=O)NCCc1cccc2cccnc12. The predicted octanol–water partition coefficient (Wildman–Crippen LogP) is 1.63. The van der Waals surface area contributed by atoms with E-state index in [2.05, 4.69) is 10.3 Å². The minimum absolute atomic E-state index is 0.00296. The van der Waals surface area contributed by atoms with E-state index in [1.165, 1.54) is 0 Å². The molecule has 1 amide bonds. The fraction of sp³-hybridized carbons (Fsp3) is 0.333. The molecule has 0 saturated heterocycles. The van der Waals surface area contributed by atoms with Crippen molar-refractivity contribution in [1.29, 1.82) is 0 Å². The molecule has 19 heavy (non-hydrogen) atoms.